The molecular weight excluding hydrogens is 176 g/mol. The minimum atomic E-state index is 0.0325. The summed E-state index contributed by atoms with van der Waals surface area (Å²) >= 11 is 0. The van der Waals surface area contributed by atoms with E-state index in [9.17, 15) is 0 Å². The van der Waals surface area contributed by atoms with Gasteiger partial charge in [-0.15, -0.1) is 0 Å². The molecule has 0 bridgehead atoms. The summed E-state index contributed by atoms with van der Waals surface area (Å²) in [6.07, 6.45) is 1.66. The molecule has 0 saturated heterocycles. The van der Waals surface area contributed by atoms with E-state index in [1.165, 1.54) is 0 Å². The van der Waals surface area contributed by atoms with E-state index in [0.717, 1.165) is 18.7 Å². The first-order valence-corrected chi connectivity index (χ1v) is 4.62. The largest absolute Gasteiger partial charge is 0.382 e. The van der Waals surface area contributed by atoms with Gasteiger partial charge < -0.3 is 10.6 Å². The highest BCUT2D eigenvalue weighted by Crippen LogP contribution is 2.07. The number of nitrogens with one attached hydrogen (secondary N) is 1. The second kappa shape index (κ2) is 4.72. The van der Waals surface area contributed by atoms with Gasteiger partial charge >= 0.3 is 0 Å². The van der Waals surface area contributed by atoms with Crippen LogP contribution in [0.5, 0.6) is 0 Å². The molecule has 4 nitrogen and oxygen atoms in total. The van der Waals surface area contributed by atoms with Gasteiger partial charge in [-0.05, 0) is 25.2 Å². The van der Waals surface area contributed by atoms with Crippen molar-refractivity contribution in [1.82, 2.24) is 9.88 Å². The maximum Gasteiger partial charge on any atom is 0.142 e. The molecule has 0 aliphatic rings. The van der Waals surface area contributed by atoms with Crippen molar-refractivity contribution >= 4 is 5.84 Å². The third kappa shape index (κ3) is 2.53. The number of nitrogen functional groups attached to an aromatic ring is 1. The number of hydrogen-bond acceptors (Lipinski definition) is 3. The summed E-state index contributed by atoms with van der Waals surface area (Å²) in [5.74, 6) is 0.0325. The number of amidine groups is 1. The molecule has 0 fully saturated rings. The quantitative estimate of drug-likeness (QED) is 0.548. The third-order valence-corrected chi connectivity index (χ3v) is 2.13. The van der Waals surface area contributed by atoms with Crippen LogP contribution >= 0.6 is 0 Å². The predicted octanol–water partition coefficient (Wildman–Crippen LogP) is 0.817. The molecule has 1 aromatic heterocycles. The van der Waals surface area contributed by atoms with Crippen LogP contribution in [-0.4, -0.2) is 29.3 Å². The van der Waals surface area contributed by atoms with E-state index in [-0.39, 0.29) is 5.84 Å². The SMILES string of the molecule is CCN(C)Cc1cccnc1C(=N)N. The minimum Gasteiger partial charge on any atom is -0.382 e. The first kappa shape index (κ1) is 10.7. The lowest BCUT2D eigenvalue weighted by Gasteiger charge is -2.15. The van der Waals surface area contributed by atoms with E-state index in [2.05, 4.69) is 16.8 Å². The van der Waals surface area contributed by atoms with Crippen molar-refractivity contribution in [1.29, 1.82) is 5.41 Å². The Bertz CT molecular complexity index is 322. The predicted molar refractivity (Wildman–Crippen MR) is 57.3 cm³/mol. The molecule has 0 spiro atoms. The molecule has 1 rings (SSSR count). The number of nitrogens with two attached hydrogens (primary N) is 1. The van der Waals surface area contributed by atoms with Crippen LogP contribution in [0.25, 0.3) is 0 Å². The zero-order valence-electron chi connectivity index (χ0n) is 8.62. The number of rotatable bonds is 4. The average molecular weight is 192 g/mol. The van der Waals surface area contributed by atoms with Crippen molar-refractivity contribution in [3.05, 3.63) is 29.6 Å². The summed E-state index contributed by atoms with van der Waals surface area (Å²) in [6.45, 7) is 3.83. The third-order valence-electron chi connectivity index (χ3n) is 2.13. The van der Waals surface area contributed by atoms with E-state index in [0.29, 0.717) is 5.69 Å². The van der Waals surface area contributed by atoms with Crippen LogP contribution in [0.1, 0.15) is 18.2 Å². The van der Waals surface area contributed by atoms with Gasteiger partial charge in [-0.25, -0.2) is 0 Å². The molecule has 14 heavy (non-hydrogen) atoms. The fourth-order valence-corrected chi connectivity index (χ4v) is 1.21. The van der Waals surface area contributed by atoms with Crippen molar-refractivity contribution in [2.45, 2.75) is 13.5 Å². The van der Waals surface area contributed by atoms with Crippen molar-refractivity contribution in [2.24, 2.45) is 5.73 Å². The zero-order chi connectivity index (χ0) is 10.6. The lowest BCUT2D eigenvalue weighted by atomic mass is 10.1. The fraction of sp³-hybridized carbons (Fsp3) is 0.400. The monoisotopic (exact) mass is 192 g/mol. The van der Waals surface area contributed by atoms with Crippen LogP contribution in [-0.2, 0) is 6.54 Å². The average Bonchev–Trinajstić information content (AvgIpc) is 2.18. The molecule has 4 heteroatoms. The molecule has 3 N–H and O–H groups in total. The van der Waals surface area contributed by atoms with E-state index >= 15 is 0 Å². The first-order valence-electron chi connectivity index (χ1n) is 4.62. The zero-order valence-corrected chi connectivity index (χ0v) is 8.62. The molecule has 0 aromatic carbocycles. The highest BCUT2D eigenvalue weighted by Gasteiger charge is 2.07. The van der Waals surface area contributed by atoms with Crippen molar-refractivity contribution in [3.8, 4) is 0 Å². The summed E-state index contributed by atoms with van der Waals surface area (Å²) < 4.78 is 0. The van der Waals surface area contributed by atoms with Crippen LogP contribution in [0.15, 0.2) is 18.3 Å². The summed E-state index contributed by atoms with van der Waals surface area (Å²) in [6, 6.07) is 3.82. The summed E-state index contributed by atoms with van der Waals surface area (Å²) in [7, 11) is 2.02. The Kier molecular flexibility index (Phi) is 3.59. The molecule has 1 heterocycles. The van der Waals surface area contributed by atoms with Gasteiger partial charge in [0.15, 0.2) is 0 Å². The van der Waals surface area contributed by atoms with E-state index < -0.39 is 0 Å². The van der Waals surface area contributed by atoms with Gasteiger partial charge in [0.05, 0.1) is 0 Å². The molecule has 0 aliphatic carbocycles. The van der Waals surface area contributed by atoms with Crippen LogP contribution in [0.4, 0.5) is 0 Å². The number of nitrogens with zero attached hydrogens (tertiary/aromatic N) is 2. The normalized spacial score (nSPS) is 10.5. The van der Waals surface area contributed by atoms with Crippen LogP contribution in [0, 0.1) is 5.41 Å². The highest BCUT2D eigenvalue weighted by atomic mass is 15.1. The Morgan fingerprint density at radius 1 is 1.64 bits per heavy atom. The van der Waals surface area contributed by atoms with Crippen molar-refractivity contribution in [3.63, 3.8) is 0 Å². The Morgan fingerprint density at radius 3 is 2.93 bits per heavy atom. The van der Waals surface area contributed by atoms with E-state index in [1.54, 1.807) is 6.20 Å². The van der Waals surface area contributed by atoms with Gasteiger partial charge in [0.25, 0.3) is 0 Å². The molecule has 0 atom stereocenters. The lowest BCUT2D eigenvalue weighted by molar-refractivity contribution is 0.345. The lowest BCUT2D eigenvalue weighted by Crippen LogP contribution is -2.22. The van der Waals surface area contributed by atoms with Gasteiger partial charge in [-0.1, -0.05) is 13.0 Å². The summed E-state index contributed by atoms with van der Waals surface area (Å²) in [5.41, 5.74) is 7.03. The minimum absolute atomic E-state index is 0.0325. The van der Waals surface area contributed by atoms with Gasteiger partial charge in [0.1, 0.15) is 11.5 Å². The second-order valence-electron chi connectivity index (χ2n) is 3.26. The number of pyridine rings is 1. The molecule has 0 radical (unpaired) electrons. The smallest absolute Gasteiger partial charge is 0.142 e. The maximum atomic E-state index is 7.37. The highest BCUT2D eigenvalue weighted by molar-refractivity contribution is 5.94. The number of aromatic nitrogens is 1. The summed E-state index contributed by atoms with van der Waals surface area (Å²) in [4.78, 5) is 6.23. The van der Waals surface area contributed by atoms with Gasteiger partial charge in [0, 0.05) is 12.7 Å². The maximum absolute atomic E-state index is 7.37. The van der Waals surface area contributed by atoms with Crippen molar-refractivity contribution < 1.29 is 0 Å². The summed E-state index contributed by atoms with van der Waals surface area (Å²) in [5, 5.41) is 7.37. The van der Waals surface area contributed by atoms with Crippen LogP contribution < -0.4 is 5.73 Å². The topological polar surface area (TPSA) is 66.0 Å². The van der Waals surface area contributed by atoms with Gasteiger partial charge in [-0.2, -0.15) is 0 Å². The van der Waals surface area contributed by atoms with Crippen molar-refractivity contribution in [2.75, 3.05) is 13.6 Å². The molecule has 76 valence electrons. The molecule has 0 aliphatic heterocycles. The molecule has 1 aromatic rings. The van der Waals surface area contributed by atoms with E-state index in [1.807, 2.05) is 19.2 Å². The Morgan fingerprint density at radius 2 is 2.36 bits per heavy atom. The molecule has 0 saturated carbocycles. The Balaban J connectivity index is 2.90. The van der Waals surface area contributed by atoms with Gasteiger partial charge in [-0.3, -0.25) is 10.4 Å². The Hall–Kier alpha value is -1.42. The van der Waals surface area contributed by atoms with Gasteiger partial charge in [0.2, 0.25) is 0 Å². The van der Waals surface area contributed by atoms with Crippen LogP contribution in [0.3, 0.4) is 0 Å². The molecular formula is C10H16N4. The van der Waals surface area contributed by atoms with Crippen LogP contribution in [0.2, 0.25) is 0 Å². The number of hydrogen-bond donors (Lipinski definition) is 2. The standard InChI is InChI=1S/C10H16N4/c1-3-14(2)7-8-5-4-6-13-9(8)10(11)12/h4-6H,3,7H2,1-2H3,(H3,11,12). The second-order valence-corrected chi connectivity index (χ2v) is 3.26. The first-order chi connectivity index (χ1) is 6.65. The van der Waals surface area contributed by atoms with E-state index in [4.69, 9.17) is 11.1 Å². The fourth-order valence-electron chi connectivity index (χ4n) is 1.21. The molecule has 0 unspecified atom stereocenters. The Labute approximate surface area is 84.3 Å². The molecule has 0 amide bonds.